The quantitative estimate of drug-likeness (QED) is 0.467. The second-order valence-corrected chi connectivity index (χ2v) is 13.1. The van der Waals surface area contributed by atoms with E-state index in [1.54, 1.807) is 19.1 Å². The summed E-state index contributed by atoms with van der Waals surface area (Å²) >= 11 is 6.03. The Kier molecular flexibility index (Phi) is 9.02. The maximum absolute atomic E-state index is 15.0. The Morgan fingerprint density at radius 1 is 1.08 bits per heavy atom. The van der Waals surface area contributed by atoms with E-state index in [0.29, 0.717) is 49.2 Å². The third-order valence-electron chi connectivity index (χ3n) is 9.08. The summed E-state index contributed by atoms with van der Waals surface area (Å²) in [6, 6.07) is 4.78. The first kappa shape index (κ1) is 28.5. The molecule has 206 valence electrons. The number of carbonyl (C=O) groups is 2. The molecule has 1 amide bonds. The van der Waals surface area contributed by atoms with E-state index in [9.17, 15) is 9.59 Å². The Balaban J connectivity index is 1.49. The minimum Gasteiger partial charge on any atom is -0.337 e. The first-order chi connectivity index (χ1) is 17.5. The minimum atomic E-state index is -0.337. The van der Waals surface area contributed by atoms with Crippen LogP contribution in [0.1, 0.15) is 84.6 Å². The van der Waals surface area contributed by atoms with Crippen molar-refractivity contribution in [2.45, 2.75) is 96.7 Å². The number of likely N-dealkylation sites (tertiary alicyclic amines) is 1. The second-order valence-electron chi connectivity index (χ2n) is 12.7. The molecule has 0 bridgehead atoms. The zero-order chi connectivity index (χ0) is 26.9. The van der Waals surface area contributed by atoms with E-state index in [-0.39, 0.29) is 47.0 Å². The van der Waals surface area contributed by atoms with Crippen molar-refractivity contribution in [3.8, 4) is 0 Å². The molecule has 4 atom stereocenters. The van der Waals surface area contributed by atoms with Crippen molar-refractivity contribution in [1.29, 1.82) is 0 Å². The highest BCUT2D eigenvalue weighted by atomic mass is 35.5. The number of hydrogen-bond donors (Lipinski definition) is 0. The number of halogens is 2. The van der Waals surface area contributed by atoms with Gasteiger partial charge in [0.05, 0.1) is 12.0 Å². The molecule has 4 rings (SSSR count). The number of ketones is 1. The van der Waals surface area contributed by atoms with Gasteiger partial charge in [-0.2, -0.15) is 0 Å². The average Bonchev–Trinajstić information content (AvgIpc) is 3.28. The van der Waals surface area contributed by atoms with Gasteiger partial charge in [-0.25, -0.2) is 4.39 Å². The van der Waals surface area contributed by atoms with E-state index >= 15 is 4.39 Å². The van der Waals surface area contributed by atoms with Crippen molar-refractivity contribution in [3.63, 3.8) is 0 Å². The van der Waals surface area contributed by atoms with Crippen LogP contribution in [-0.4, -0.2) is 76.7 Å². The third kappa shape index (κ3) is 6.57. The summed E-state index contributed by atoms with van der Waals surface area (Å²) < 4.78 is 15.0. The molecule has 37 heavy (non-hydrogen) atoms. The van der Waals surface area contributed by atoms with Gasteiger partial charge in [-0.05, 0) is 64.7 Å². The third-order valence-corrected chi connectivity index (χ3v) is 9.32. The molecule has 2 saturated heterocycles. The topological polar surface area (TPSA) is 43.9 Å². The SMILES string of the molecule is CC(=O)[C@H](CC1CCCCC1)N1CCN(C(=O)[C@@H]2CN(C(C)(C)C)C[C@H]2c2ccc(Cl)cc2F)[C@@H](C)C1. The molecule has 0 radical (unpaired) electrons. The summed E-state index contributed by atoms with van der Waals surface area (Å²) in [5.74, 6) is 0.114. The van der Waals surface area contributed by atoms with Crippen LogP contribution in [0.3, 0.4) is 0 Å². The van der Waals surface area contributed by atoms with E-state index in [1.165, 1.54) is 38.2 Å². The van der Waals surface area contributed by atoms with Gasteiger partial charge in [-0.3, -0.25) is 19.4 Å². The molecule has 1 aromatic rings. The molecular formula is C30H45ClFN3O2. The van der Waals surface area contributed by atoms with Gasteiger partial charge in [-0.1, -0.05) is 49.8 Å². The van der Waals surface area contributed by atoms with Gasteiger partial charge in [0, 0.05) is 55.2 Å². The molecule has 0 aromatic heterocycles. The highest BCUT2D eigenvalue weighted by Crippen LogP contribution is 2.39. The summed E-state index contributed by atoms with van der Waals surface area (Å²) in [5.41, 5.74) is 0.457. The number of hydrogen-bond acceptors (Lipinski definition) is 4. The summed E-state index contributed by atoms with van der Waals surface area (Å²) in [5, 5.41) is 0.368. The lowest BCUT2D eigenvalue weighted by atomic mass is 9.83. The largest absolute Gasteiger partial charge is 0.337 e. The van der Waals surface area contributed by atoms with Gasteiger partial charge in [-0.15, -0.1) is 0 Å². The molecule has 5 nitrogen and oxygen atoms in total. The van der Waals surface area contributed by atoms with E-state index in [1.807, 2.05) is 4.90 Å². The number of rotatable bonds is 6. The van der Waals surface area contributed by atoms with Gasteiger partial charge in [0.1, 0.15) is 11.6 Å². The number of nitrogens with zero attached hydrogens (tertiary/aromatic N) is 3. The number of amides is 1. The van der Waals surface area contributed by atoms with Crippen molar-refractivity contribution in [2.24, 2.45) is 11.8 Å². The molecule has 1 aliphatic carbocycles. The van der Waals surface area contributed by atoms with Gasteiger partial charge < -0.3 is 4.90 Å². The lowest BCUT2D eigenvalue weighted by Crippen LogP contribution is -2.59. The van der Waals surface area contributed by atoms with Crippen molar-refractivity contribution in [3.05, 3.63) is 34.6 Å². The lowest BCUT2D eigenvalue weighted by Gasteiger charge is -2.44. The molecule has 0 spiro atoms. The van der Waals surface area contributed by atoms with E-state index in [2.05, 4.69) is 37.5 Å². The Morgan fingerprint density at radius 2 is 1.78 bits per heavy atom. The maximum atomic E-state index is 15.0. The Hall–Kier alpha value is -1.50. The average molecular weight is 534 g/mol. The molecule has 0 N–H and O–H groups in total. The number of Topliss-reactive ketones (excluding diaryl/α,β-unsaturated/α-hetero) is 1. The van der Waals surface area contributed by atoms with E-state index in [4.69, 9.17) is 11.6 Å². The van der Waals surface area contributed by atoms with Crippen LogP contribution in [0, 0.1) is 17.7 Å². The van der Waals surface area contributed by atoms with Crippen LogP contribution in [0.25, 0.3) is 0 Å². The Bertz CT molecular complexity index is 974. The first-order valence-corrected chi connectivity index (χ1v) is 14.6. The van der Waals surface area contributed by atoms with Crippen LogP contribution in [0.4, 0.5) is 4.39 Å². The fourth-order valence-electron chi connectivity index (χ4n) is 6.84. The fourth-order valence-corrected chi connectivity index (χ4v) is 7.00. The molecule has 2 aliphatic heterocycles. The molecule has 1 saturated carbocycles. The first-order valence-electron chi connectivity index (χ1n) is 14.2. The summed E-state index contributed by atoms with van der Waals surface area (Å²) in [7, 11) is 0. The Morgan fingerprint density at radius 3 is 2.38 bits per heavy atom. The van der Waals surface area contributed by atoms with Gasteiger partial charge in [0.25, 0.3) is 0 Å². The van der Waals surface area contributed by atoms with E-state index < -0.39 is 0 Å². The number of benzene rings is 1. The molecule has 3 aliphatic rings. The molecule has 0 unspecified atom stereocenters. The maximum Gasteiger partial charge on any atom is 0.227 e. The number of carbonyl (C=O) groups excluding carboxylic acids is 2. The van der Waals surface area contributed by atoms with Crippen LogP contribution in [0.15, 0.2) is 18.2 Å². The zero-order valence-corrected chi connectivity index (χ0v) is 24.1. The van der Waals surface area contributed by atoms with Crippen molar-refractivity contribution >= 4 is 23.3 Å². The van der Waals surface area contributed by atoms with Crippen molar-refractivity contribution in [2.75, 3.05) is 32.7 Å². The zero-order valence-electron chi connectivity index (χ0n) is 23.3. The highest BCUT2D eigenvalue weighted by Gasteiger charge is 2.46. The second kappa shape index (κ2) is 11.7. The van der Waals surface area contributed by atoms with Crippen molar-refractivity contribution in [1.82, 2.24) is 14.7 Å². The van der Waals surface area contributed by atoms with Crippen molar-refractivity contribution < 1.29 is 14.0 Å². The van der Waals surface area contributed by atoms with Crippen LogP contribution >= 0.6 is 11.6 Å². The van der Waals surface area contributed by atoms with E-state index in [0.717, 1.165) is 6.42 Å². The summed E-state index contributed by atoms with van der Waals surface area (Å²) in [6.07, 6.45) is 7.26. The van der Waals surface area contributed by atoms with Gasteiger partial charge in [0.15, 0.2) is 0 Å². The summed E-state index contributed by atoms with van der Waals surface area (Å²) in [6.45, 7) is 13.5. The van der Waals surface area contributed by atoms with Crippen LogP contribution in [-0.2, 0) is 9.59 Å². The monoisotopic (exact) mass is 533 g/mol. The van der Waals surface area contributed by atoms with Crippen LogP contribution in [0.5, 0.6) is 0 Å². The van der Waals surface area contributed by atoms with Crippen LogP contribution in [0.2, 0.25) is 5.02 Å². The standard InChI is InChI=1S/C30H45ClFN3O2/c1-20-17-33(28(21(2)36)15-22-9-7-6-8-10-22)13-14-35(20)29(37)26-19-34(30(3,4)5)18-25(26)24-12-11-23(31)16-27(24)32/h11-12,16,20,22,25-26,28H,6-10,13-15,17-19H2,1-5H3/t20-,25-,26+,28-/m0/s1. The Labute approximate surface area is 227 Å². The smallest absolute Gasteiger partial charge is 0.227 e. The summed E-state index contributed by atoms with van der Waals surface area (Å²) in [4.78, 5) is 33.3. The predicted molar refractivity (Wildman–Crippen MR) is 147 cm³/mol. The minimum absolute atomic E-state index is 0.00820. The predicted octanol–water partition coefficient (Wildman–Crippen LogP) is 5.75. The van der Waals surface area contributed by atoms with Gasteiger partial charge >= 0.3 is 0 Å². The van der Waals surface area contributed by atoms with Crippen LogP contribution < -0.4 is 0 Å². The highest BCUT2D eigenvalue weighted by molar-refractivity contribution is 6.30. The molecule has 2 heterocycles. The molecule has 7 heteroatoms. The molecule has 3 fully saturated rings. The molecular weight excluding hydrogens is 489 g/mol. The normalized spacial score (nSPS) is 27.4. The number of piperazine rings is 1. The fraction of sp³-hybridized carbons (Fsp3) is 0.733. The molecule has 1 aromatic carbocycles. The van der Waals surface area contributed by atoms with Gasteiger partial charge in [0.2, 0.25) is 5.91 Å². The lowest BCUT2D eigenvalue weighted by molar-refractivity contribution is -0.141.